The Kier molecular flexibility index (Phi) is 4.96. The van der Waals surface area contributed by atoms with Gasteiger partial charge in [-0.15, -0.1) is 0 Å². The van der Waals surface area contributed by atoms with Crippen LogP contribution in [0.2, 0.25) is 0 Å². The van der Waals surface area contributed by atoms with Crippen LogP contribution in [0.1, 0.15) is 25.3 Å². The van der Waals surface area contributed by atoms with Crippen molar-refractivity contribution < 1.29 is 4.74 Å². The van der Waals surface area contributed by atoms with Crippen molar-refractivity contribution in [3.63, 3.8) is 0 Å². The molecule has 1 aromatic heterocycles. The molecule has 0 bridgehead atoms. The molecule has 0 radical (unpaired) electrons. The van der Waals surface area contributed by atoms with E-state index in [1.165, 1.54) is 18.4 Å². The second kappa shape index (κ2) is 6.71. The molecule has 0 saturated heterocycles. The first-order chi connectivity index (χ1) is 8.86. The molecule has 2 rings (SSSR count). The van der Waals surface area contributed by atoms with Gasteiger partial charge in [0.05, 0.1) is 6.61 Å². The molecule has 4 heteroatoms. The summed E-state index contributed by atoms with van der Waals surface area (Å²) in [6.45, 7) is 5.72. The second-order valence-electron chi connectivity index (χ2n) is 4.67. The minimum Gasteiger partial charge on any atom is -0.383 e. The Labute approximate surface area is 109 Å². The number of ether oxygens (including phenoxy) is 1. The maximum atomic E-state index is 5.04. The Morgan fingerprint density at radius 3 is 3.00 bits per heavy atom. The van der Waals surface area contributed by atoms with Crippen LogP contribution in [0.3, 0.4) is 0 Å². The molecule has 1 heterocycles. The summed E-state index contributed by atoms with van der Waals surface area (Å²) in [5, 5.41) is 3.39. The predicted octanol–water partition coefficient (Wildman–Crippen LogP) is 1.81. The summed E-state index contributed by atoms with van der Waals surface area (Å²) in [6.07, 6.45) is 4.50. The second-order valence-corrected chi connectivity index (χ2v) is 4.67. The van der Waals surface area contributed by atoms with E-state index in [1.54, 1.807) is 7.11 Å². The molecule has 1 fully saturated rings. The van der Waals surface area contributed by atoms with E-state index < -0.39 is 0 Å². The number of methoxy groups -OCH3 is 1. The summed E-state index contributed by atoms with van der Waals surface area (Å²) in [6, 6.07) is 4.88. The molecule has 18 heavy (non-hydrogen) atoms. The first-order valence-corrected chi connectivity index (χ1v) is 6.77. The van der Waals surface area contributed by atoms with Gasteiger partial charge in [0.2, 0.25) is 0 Å². The van der Waals surface area contributed by atoms with Crippen molar-refractivity contribution in [1.82, 2.24) is 10.3 Å². The highest BCUT2D eigenvalue weighted by atomic mass is 16.5. The highest BCUT2D eigenvalue weighted by Crippen LogP contribution is 2.31. The molecule has 1 aromatic rings. The maximum absolute atomic E-state index is 5.04. The zero-order valence-electron chi connectivity index (χ0n) is 11.4. The standard InChI is InChI=1S/C14H23N3O/c1-3-17(13-6-7-13)14-12(5-4-8-16-14)11-15-9-10-18-2/h4-5,8,13,15H,3,6-7,9-11H2,1-2H3. The fourth-order valence-corrected chi connectivity index (χ4v) is 2.19. The van der Waals surface area contributed by atoms with Gasteiger partial charge in [-0.1, -0.05) is 6.07 Å². The fraction of sp³-hybridized carbons (Fsp3) is 0.643. The molecular weight excluding hydrogens is 226 g/mol. The topological polar surface area (TPSA) is 37.4 Å². The van der Waals surface area contributed by atoms with Crippen molar-refractivity contribution in [2.45, 2.75) is 32.4 Å². The molecule has 0 aromatic carbocycles. The molecule has 4 nitrogen and oxygen atoms in total. The Balaban J connectivity index is 2.00. The van der Waals surface area contributed by atoms with Crippen LogP contribution in [-0.2, 0) is 11.3 Å². The summed E-state index contributed by atoms with van der Waals surface area (Å²) >= 11 is 0. The van der Waals surface area contributed by atoms with Gasteiger partial charge in [0, 0.05) is 44.5 Å². The van der Waals surface area contributed by atoms with E-state index in [1.807, 2.05) is 12.3 Å². The molecule has 0 unspecified atom stereocenters. The number of hydrogen-bond acceptors (Lipinski definition) is 4. The van der Waals surface area contributed by atoms with Crippen LogP contribution in [-0.4, -0.2) is 37.8 Å². The summed E-state index contributed by atoms with van der Waals surface area (Å²) in [7, 11) is 1.73. The molecule has 1 aliphatic carbocycles. The Bertz CT molecular complexity index is 366. The number of aromatic nitrogens is 1. The molecule has 0 amide bonds. The van der Waals surface area contributed by atoms with Crippen LogP contribution in [0.5, 0.6) is 0 Å². The number of nitrogens with zero attached hydrogens (tertiary/aromatic N) is 2. The fourth-order valence-electron chi connectivity index (χ4n) is 2.19. The lowest BCUT2D eigenvalue weighted by Gasteiger charge is -2.24. The van der Waals surface area contributed by atoms with Crippen molar-refractivity contribution in [3.8, 4) is 0 Å². The van der Waals surface area contributed by atoms with Crippen molar-refractivity contribution >= 4 is 5.82 Å². The van der Waals surface area contributed by atoms with Crippen LogP contribution in [0.15, 0.2) is 18.3 Å². The van der Waals surface area contributed by atoms with Gasteiger partial charge in [-0.3, -0.25) is 0 Å². The van der Waals surface area contributed by atoms with E-state index in [-0.39, 0.29) is 0 Å². The van der Waals surface area contributed by atoms with Gasteiger partial charge in [0.15, 0.2) is 0 Å². The highest BCUT2D eigenvalue weighted by molar-refractivity contribution is 5.48. The average molecular weight is 249 g/mol. The first-order valence-electron chi connectivity index (χ1n) is 6.77. The number of anilines is 1. The van der Waals surface area contributed by atoms with E-state index in [0.29, 0.717) is 6.04 Å². The maximum Gasteiger partial charge on any atom is 0.133 e. The molecular formula is C14H23N3O. The van der Waals surface area contributed by atoms with Gasteiger partial charge < -0.3 is 15.0 Å². The summed E-state index contributed by atoms with van der Waals surface area (Å²) < 4.78 is 5.04. The van der Waals surface area contributed by atoms with Crippen LogP contribution in [0.25, 0.3) is 0 Å². The zero-order valence-corrected chi connectivity index (χ0v) is 11.4. The molecule has 0 spiro atoms. The molecule has 0 atom stereocenters. The van der Waals surface area contributed by atoms with Gasteiger partial charge in [0.25, 0.3) is 0 Å². The van der Waals surface area contributed by atoms with E-state index >= 15 is 0 Å². The Morgan fingerprint density at radius 1 is 1.50 bits per heavy atom. The Hall–Kier alpha value is -1.13. The van der Waals surface area contributed by atoms with Crippen molar-refractivity contribution in [2.75, 3.05) is 31.7 Å². The molecule has 1 aliphatic rings. The van der Waals surface area contributed by atoms with Gasteiger partial charge in [0.1, 0.15) is 5.82 Å². The van der Waals surface area contributed by atoms with Crippen LogP contribution in [0.4, 0.5) is 5.82 Å². The lowest BCUT2D eigenvalue weighted by molar-refractivity contribution is 0.199. The molecule has 0 aliphatic heterocycles. The minimum absolute atomic E-state index is 0.711. The number of rotatable bonds is 8. The smallest absolute Gasteiger partial charge is 0.133 e. The minimum atomic E-state index is 0.711. The third-order valence-corrected chi connectivity index (χ3v) is 3.27. The number of hydrogen-bond donors (Lipinski definition) is 1. The van der Waals surface area contributed by atoms with Crippen molar-refractivity contribution in [3.05, 3.63) is 23.9 Å². The lowest BCUT2D eigenvalue weighted by Crippen LogP contribution is -2.28. The van der Waals surface area contributed by atoms with E-state index in [2.05, 4.69) is 28.2 Å². The third kappa shape index (κ3) is 3.43. The van der Waals surface area contributed by atoms with E-state index in [4.69, 9.17) is 4.74 Å². The van der Waals surface area contributed by atoms with Gasteiger partial charge in [-0.05, 0) is 25.8 Å². The first kappa shape index (κ1) is 13.3. The summed E-state index contributed by atoms with van der Waals surface area (Å²) in [5.74, 6) is 1.15. The van der Waals surface area contributed by atoms with Crippen molar-refractivity contribution in [1.29, 1.82) is 0 Å². The Morgan fingerprint density at radius 2 is 2.33 bits per heavy atom. The monoisotopic (exact) mass is 249 g/mol. The quantitative estimate of drug-likeness (QED) is 0.713. The highest BCUT2D eigenvalue weighted by Gasteiger charge is 2.29. The van der Waals surface area contributed by atoms with E-state index in [9.17, 15) is 0 Å². The van der Waals surface area contributed by atoms with E-state index in [0.717, 1.165) is 32.1 Å². The van der Waals surface area contributed by atoms with Crippen LogP contribution < -0.4 is 10.2 Å². The van der Waals surface area contributed by atoms with Gasteiger partial charge in [-0.2, -0.15) is 0 Å². The molecule has 1 N–H and O–H groups in total. The third-order valence-electron chi connectivity index (χ3n) is 3.27. The lowest BCUT2D eigenvalue weighted by atomic mass is 10.2. The SMILES string of the molecule is CCN(c1ncccc1CNCCOC)C1CC1. The van der Waals surface area contributed by atoms with Crippen LogP contribution in [0, 0.1) is 0 Å². The normalized spacial score (nSPS) is 14.8. The van der Waals surface area contributed by atoms with Crippen LogP contribution >= 0.6 is 0 Å². The molecule has 100 valence electrons. The number of nitrogens with one attached hydrogen (secondary N) is 1. The summed E-state index contributed by atoms with van der Waals surface area (Å²) in [5.41, 5.74) is 1.28. The molecule has 1 saturated carbocycles. The summed E-state index contributed by atoms with van der Waals surface area (Å²) in [4.78, 5) is 6.99. The van der Waals surface area contributed by atoms with Crippen molar-refractivity contribution in [2.24, 2.45) is 0 Å². The zero-order chi connectivity index (χ0) is 12.8. The van der Waals surface area contributed by atoms with Gasteiger partial charge in [-0.25, -0.2) is 4.98 Å². The van der Waals surface area contributed by atoms with Gasteiger partial charge >= 0.3 is 0 Å². The predicted molar refractivity (Wildman–Crippen MR) is 73.9 cm³/mol. The average Bonchev–Trinajstić information content (AvgIpc) is 3.22. The largest absolute Gasteiger partial charge is 0.383 e. The number of pyridine rings is 1.